The number of aryl methyl sites for hydroxylation is 2. The molecule has 2 aromatic rings. The van der Waals surface area contributed by atoms with Gasteiger partial charge in [0.25, 0.3) is 0 Å². The Labute approximate surface area is 140 Å². The highest BCUT2D eigenvalue weighted by Gasteiger charge is 2.21. The van der Waals surface area contributed by atoms with Gasteiger partial charge < -0.3 is 9.64 Å². The van der Waals surface area contributed by atoms with E-state index in [0.717, 1.165) is 55.1 Å². The van der Waals surface area contributed by atoms with Crippen LogP contribution in [0.3, 0.4) is 0 Å². The average molecular weight is 337 g/mol. The summed E-state index contributed by atoms with van der Waals surface area (Å²) in [5.41, 5.74) is 1.95. The van der Waals surface area contributed by atoms with E-state index in [2.05, 4.69) is 24.9 Å². The average Bonchev–Trinajstić information content (AvgIpc) is 2.82. The predicted molar refractivity (Wildman–Crippen MR) is 89.0 cm³/mol. The zero-order valence-corrected chi connectivity index (χ0v) is 14.4. The van der Waals surface area contributed by atoms with Crippen LogP contribution in [0.15, 0.2) is 12.3 Å². The Morgan fingerprint density at radius 2 is 2.00 bits per heavy atom. The topological polar surface area (TPSA) is 59.3 Å². The first-order chi connectivity index (χ1) is 11.1. The third kappa shape index (κ3) is 3.40. The number of hydrogen-bond acceptors (Lipinski definition) is 6. The quantitative estimate of drug-likeness (QED) is 0.843. The molecule has 0 spiro atoms. The Morgan fingerprint density at radius 1 is 1.26 bits per heavy atom. The van der Waals surface area contributed by atoms with Crippen LogP contribution in [-0.2, 0) is 13.6 Å². The summed E-state index contributed by atoms with van der Waals surface area (Å²) in [6.45, 7) is 6.36. The normalized spacial score (nSPS) is 15.9. The molecule has 0 aromatic carbocycles. The highest BCUT2D eigenvalue weighted by atomic mass is 35.5. The van der Waals surface area contributed by atoms with E-state index in [0.29, 0.717) is 5.88 Å². The Morgan fingerprint density at radius 3 is 2.61 bits per heavy atom. The second-order valence-electron chi connectivity index (χ2n) is 5.63. The number of anilines is 1. The number of piperazine rings is 1. The van der Waals surface area contributed by atoms with Gasteiger partial charge in [0.1, 0.15) is 0 Å². The molecule has 0 saturated carbocycles. The van der Waals surface area contributed by atoms with Crippen LogP contribution in [0.5, 0.6) is 5.88 Å². The fourth-order valence-corrected chi connectivity index (χ4v) is 2.99. The Hall–Kier alpha value is -1.86. The molecule has 3 heterocycles. The van der Waals surface area contributed by atoms with Crippen molar-refractivity contribution in [1.29, 1.82) is 0 Å². The van der Waals surface area contributed by atoms with Crippen LogP contribution >= 0.6 is 11.6 Å². The second-order valence-corrected chi connectivity index (χ2v) is 6.01. The van der Waals surface area contributed by atoms with Crippen LogP contribution in [0.4, 0.5) is 5.95 Å². The summed E-state index contributed by atoms with van der Waals surface area (Å²) in [4.78, 5) is 13.3. The monoisotopic (exact) mass is 336 g/mol. The maximum atomic E-state index is 6.34. The minimum absolute atomic E-state index is 0.592. The van der Waals surface area contributed by atoms with Gasteiger partial charge in [-0.15, -0.1) is 0 Å². The molecule has 1 aliphatic heterocycles. The largest absolute Gasteiger partial charge is 0.481 e. The van der Waals surface area contributed by atoms with Gasteiger partial charge in [-0.3, -0.25) is 9.58 Å². The van der Waals surface area contributed by atoms with E-state index in [9.17, 15) is 0 Å². The maximum absolute atomic E-state index is 6.34. The molecule has 7 nitrogen and oxygen atoms in total. The fraction of sp³-hybridized carbons (Fsp3) is 0.533. The van der Waals surface area contributed by atoms with Gasteiger partial charge in [0.2, 0.25) is 11.8 Å². The van der Waals surface area contributed by atoms with E-state index < -0.39 is 0 Å². The minimum Gasteiger partial charge on any atom is -0.481 e. The van der Waals surface area contributed by atoms with Gasteiger partial charge in [-0.05, 0) is 6.92 Å². The molecule has 0 amide bonds. The van der Waals surface area contributed by atoms with Gasteiger partial charge in [0, 0.05) is 52.0 Å². The predicted octanol–water partition coefficient (Wildman–Crippen LogP) is 1.50. The maximum Gasteiger partial charge on any atom is 0.228 e. The summed E-state index contributed by atoms with van der Waals surface area (Å²) in [5.74, 6) is 1.31. The standard InChI is InChI=1S/C15H21ClN6O/c1-11-14(16)12(20(2)19-11)10-21-6-8-22(9-7-21)15-17-5-4-13(18-15)23-3/h4-5H,6-10H2,1-3H3. The lowest BCUT2D eigenvalue weighted by atomic mass is 10.3. The molecule has 0 unspecified atom stereocenters. The number of aromatic nitrogens is 4. The van der Waals surface area contributed by atoms with E-state index in [-0.39, 0.29) is 0 Å². The van der Waals surface area contributed by atoms with Crippen molar-refractivity contribution in [2.24, 2.45) is 7.05 Å². The molecule has 124 valence electrons. The molecule has 0 radical (unpaired) electrons. The molecular formula is C15H21ClN6O. The highest BCUT2D eigenvalue weighted by molar-refractivity contribution is 6.31. The fourth-order valence-electron chi connectivity index (χ4n) is 2.77. The van der Waals surface area contributed by atoms with E-state index in [4.69, 9.17) is 16.3 Å². The van der Waals surface area contributed by atoms with Crippen molar-refractivity contribution in [3.63, 3.8) is 0 Å². The molecule has 0 N–H and O–H groups in total. The summed E-state index contributed by atoms with van der Waals surface area (Å²) in [7, 11) is 3.55. The summed E-state index contributed by atoms with van der Waals surface area (Å²) < 4.78 is 7.03. The SMILES string of the molecule is COc1ccnc(N2CCN(Cc3c(Cl)c(C)nn3C)CC2)n1. The van der Waals surface area contributed by atoms with Gasteiger partial charge in [0.05, 0.1) is 23.5 Å². The van der Waals surface area contributed by atoms with E-state index in [1.54, 1.807) is 19.4 Å². The number of rotatable bonds is 4. The van der Waals surface area contributed by atoms with E-state index in [1.165, 1.54) is 0 Å². The van der Waals surface area contributed by atoms with Crippen LogP contribution in [0.25, 0.3) is 0 Å². The van der Waals surface area contributed by atoms with Crippen LogP contribution in [0, 0.1) is 6.92 Å². The van der Waals surface area contributed by atoms with Gasteiger partial charge in [-0.1, -0.05) is 11.6 Å². The van der Waals surface area contributed by atoms with Crippen molar-refractivity contribution < 1.29 is 4.74 Å². The molecule has 3 rings (SSSR count). The van der Waals surface area contributed by atoms with Crippen molar-refractivity contribution in [3.8, 4) is 5.88 Å². The molecule has 0 aliphatic carbocycles. The molecule has 1 saturated heterocycles. The lowest BCUT2D eigenvalue weighted by Crippen LogP contribution is -2.46. The number of ether oxygens (including phenoxy) is 1. The van der Waals surface area contributed by atoms with Gasteiger partial charge in [0.15, 0.2) is 0 Å². The minimum atomic E-state index is 0.592. The molecule has 0 bridgehead atoms. The van der Waals surface area contributed by atoms with E-state index in [1.807, 2.05) is 18.7 Å². The van der Waals surface area contributed by atoms with Crippen LogP contribution in [0.1, 0.15) is 11.4 Å². The smallest absolute Gasteiger partial charge is 0.228 e. The van der Waals surface area contributed by atoms with Crippen LogP contribution in [0.2, 0.25) is 5.02 Å². The highest BCUT2D eigenvalue weighted by Crippen LogP contribution is 2.22. The number of nitrogens with zero attached hydrogens (tertiary/aromatic N) is 6. The van der Waals surface area contributed by atoms with Crippen molar-refractivity contribution in [2.45, 2.75) is 13.5 Å². The summed E-state index contributed by atoms with van der Waals surface area (Å²) in [6, 6.07) is 1.76. The zero-order chi connectivity index (χ0) is 16.4. The lowest BCUT2D eigenvalue weighted by Gasteiger charge is -2.34. The van der Waals surface area contributed by atoms with Crippen molar-refractivity contribution in [2.75, 3.05) is 38.2 Å². The zero-order valence-electron chi connectivity index (χ0n) is 13.7. The number of hydrogen-bond donors (Lipinski definition) is 0. The number of halogens is 1. The third-order valence-corrected chi connectivity index (χ3v) is 4.61. The van der Waals surface area contributed by atoms with Crippen molar-refractivity contribution >= 4 is 17.5 Å². The first kappa shape index (κ1) is 16.0. The summed E-state index contributed by atoms with van der Waals surface area (Å²) in [5, 5.41) is 5.14. The Balaban J connectivity index is 1.62. The molecule has 1 aliphatic rings. The Bertz CT molecular complexity index is 681. The molecular weight excluding hydrogens is 316 g/mol. The van der Waals surface area contributed by atoms with Crippen molar-refractivity contribution in [3.05, 3.63) is 28.7 Å². The van der Waals surface area contributed by atoms with Crippen LogP contribution in [-0.4, -0.2) is 57.9 Å². The third-order valence-electron chi connectivity index (χ3n) is 4.12. The van der Waals surface area contributed by atoms with Crippen molar-refractivity contribution in [1.82, 2.24) is 24.6 Å². The molecule has 2 aromatic heterocycles. The molecule has 0 atom stereocenters. The lowest BCUT2D eigenvalue weighted by molar-refractivity contribution is 0.242. The summed E-state index contributed by atoms with van der Waals surface area (Å²) in [6.07, 6.45) is 1.73. The van der Waals surface area contributed by atoms with E-state index >= 15 is 0 Å². The van der Waals surface area contributed by atoms with Gasteiger partial charge in [-0.2, -0.15) is 10.1 Å². The van der Waals surface area contributed by atoms with Gasteiger partial charge >= 0.3 is 0 Å². The first-order valence-corrected chi connectivity index (χ1v) is 7.98. The number of methoxy groups -OCH3 is 1. The van der Waals surface area contributed by atoms with Gasteiger partial charge in [-0.25, -0.2) is 4.98 Å². The molecule has 8 heteroatoms. The first-order valence-electron chi connectivity index (χ1n) is 7.61. The molecule has 1 fully saturated rings. The second kappa shape index (κ2) is 6.72. The Kier molecular flexibility index (Phi) is 4.68. The van der Waals surface area contributed by atoms with Crippen LogP contribution < -0.4 is 9.64 Å². The molecule has 23 heavy (non-hydrogen) atoms. The summed E-state index contributed by atoms with van der Waals surface area (Å²) >= 11 is 6.34.